The molecule has 3 aromatic rings. The molecule has 8 heteroatoms. The highest BCUT2D eigenvalue weighted by atomic mass is 16.5. The molecule has 1 aromatic heterocycles. The van der Waals surface area contributed by atoms with Gasteiger partial charge in [0.2, 0.25) is 0 Å². The SMILES string of the molecule is COC(=O)c1cc(CNC(=O)c2ccc3c(=O)n4c(nc3c2)CCC4)ccc1OC. The minimum absolute atomic E-state index is 0.0620. The number of aromatic nitrogens is 2. The molecular weight excluding hydrogens is 386 g/mol. The van der Waals surface area contributed by atoms with Crippen LogP contribution in [0.4, 0.5) is 0 Å². The van der Waals surface area contributed by atoms with Gasteiger partial charge in [0.25, 0.3) is 11.5 Å². The first-order valence-corrected chi connectivity index (χ1v) is 9.58. The molecule has 0 radical (unpaired) electrons. The van der Waals surface area contributed by atoms with Crippen LogP contribution < -0.4 is 15.6 Å². The summed E-state index contributed by atoms with van der Waals surface area (Å²) in [5, 5.41) is 3.33. The van der Waals surface area contributed by atoms with Gasteiger partial charge in [0.1, 0.15) is 17.1 Å². The molecule has 0 spiro atoms. The molecule has 1 aliphatic heterocycles. The average Bonchev–Trinajstić information content (AvgIpc) is 3.25. The van der Waals surface area contributed by atoms with Crippen molar-refractivity contribution in [2.24, 2.45) is 0 Å². The van der Waals surface area contributed by atoms with Crippen LogP contribution in [0.2, 0.25) is 0 Å². The lowest BCUT2D eigenvalue weighted by Crippen LogP contribution is -2.24. The number of aryl methyl sites for hydroxylation is 1. The normalized spacial score (nSPS) is 12.5. The van der Waals surface area contributed by atoms with E-state index in [1.807, 2.05) is 0 Å². The zero-order chi connectivity index (χ0) is 21.3. The monoisotopic (exact) mass is 407 g/mol. The summed E-state index contributed by atoms with van der Waals surface area (Å²) in [6, 6.07) is 9.94. The van der Waals surface area contributed by atoms with Crippen LogP contribution >= 0.6 is 0 Å². The highest BCUT2D eigenvalue weighted by Crippen LogP contribution is 2.21. The van der Waals surface area contributed by atoms with Gasteiger partial charge < -0.3 is 14.8 Å². The van der Waals surface area contributed by atoms with Crippen LogP contribution in [-0.2, 0) is 24.2 Å². The molecule has 30 heavy (non-hydrogen) atoms. The van der Waals surface area contributed by atoms with E-state index in [4.69, 9.17) is 9.47 Å². The molecule has 1 aliphatic rings. The van der Waals surface area contributed by atoms with E-state index in [2.05, 4.69) is 10.3 Å². The van der Waals surface area contributed by atoms with Crippen LogP contribution in [0.3, 0.4) is 0 Å². The van der Waals surface area contributed by atoms with E-state index in [1.165, 1.54) is 14.2 Å². The third kappa shape index (κ3) is 3.52. The van der Waals surface area contributed by atoms with E-state index in [0.717, 1.165) is 24.2 Å². The van der Waals surface area contributed by atoms with E-state index in [-0.39, 0.29) is 23.6 Å². The van der Waals surface area contributed by atoms with Crippen LogP contribution in [0.15, 0.2) is 41.2 Å². The Morgan fingerprint density at radius 3 is 2.77 bits per heavy atom. The minimum Gasteiger partial charge on any atom is -0.496 e. The summed E-state index contributed by atoms with van der Waals surface area (Å²) in [4.78, 5) is 41.7. The molecule has 2 heterocycles. The second-order valence-corrected chi connectivity index (χ2v) is 7.03. The Hall–Kier alpha value is -3.68. The highest BCUT2D eigenvalue weighted by molar-refractivity contribution is 5.97. The minimum atomic E-state index is -0.514. The maximum atomic E-state index is 12.6. The Bertz CT molecular complexity index is 1220. The average molecular weight is 407 g/mol. The number of benzene rings is 2. The molecule has 0 saturated carbocycles. The number of amides is 1. The van der Waals surface area contributed by atoms with Gasteiger partial charge in [-0.15, -0.1) is 0 Å². The molecule has 4 rings (SSSR count). The lowest BCUT2D eigenvalue weighted by atomic mass is 10.1. The van der Waals surface area contributed by atoms with Gasteiger partial charge in [0, 0.05) is 25.1 Å². The van der Waals surface area contributed by atoms with Gasteiger partial charge in [-0.3, -0.25) is 14.2 Å². The Morgan fingerprint density at radius 2 is 2.00 bits per heavy atom. The summed E-state index contributed by atoms with van der Waals surface area (Å²) in [5.74, 6) is 0.351. The van der Waals surface area contributed by atoms with Crippen molar-refractivity contribution in [2.45, 2.75) is 25.9 Å². The quantitative estimate of drug-likeness (QED) is 0.650. The lowest BCUT2D eigenvalue weighted by molar-refractivity contribution is 0.0597. The van der Waals surface area contributed by atoms with Crippen molar-refractivity contribution < 1.29 is 19.1 Å². The van der Waals surface area contributed by atoms with Gasteiger partial charge in [-0.2, -0.15) is 0 Å². The molecule has 1 N–H and O–H groups in total. The Morgan fingerprint density at radius 1 is 1.17 bits per heavy atom. The molecular formula is C22H21N3O5. The number of rotatable bonds is 5. The smallest absolute Gasteiger partial charge is 0.341 e. The van der Waals surface area contributed by atoms with E-state index in [1.54, 1.807) is 41.0 Å². The Kier molecular flexibility index (Phi) is 5.22. The van der Waals surface area contributed by atoms with Gasteiger partial charge in [-0.1, -0.05) is 6.07 Å². The first-order valence-electron chi connectivity index (χ1n) is 9.58. The number of methoxy groups -OCH3 is 2. The number of carbonyl (C=O) groups excluding carboxylic acids is 2. The van der Waals surface area contributed by atoms with Gasteiger partial charge >= 0.3 is 5.97 Å². The zero-order valence-electron chi connectivity index (χ0n) is 16.7. The number of hydrogen-bond acceptors (Lipinski definition) is 6. The molecule has 0 saturated heterocycles. The second-order valence-electron chi connectivity index (χ2n) is 7.03. The molecule has 2 aromatic carbocycles. The molecule has 0 unspecified atom stereocenters. The number of nitrogens with zero attached hydrogens (tertiary/aromatic N) is 2. The first-order chi connectivity index (χ1) is 14.5. The van der Waals surface area contributed by atoms with Gasteiger partial charge in [-0.05, 0) is 42.3 Å². The Balaban J connectivity index is 1.55. The third-order valence-electron chi connectivity index (χ3n) is 5.20. The fourth-order valence-electron chi connectivity index (χ4n) is 3.64. The van der Waals surface area contributed by atoms with Crippen molar-refractivity contribution in [2.75, 3.05) is 14.2 Å². The van der Waals surface area contributed by atoms with Crippen LogP contribution in [0, 0.1) is 0 Å². The summed E-state index contributed by atoms with van der Waals surface area (Å²) < 4.78 is 11.6. The van der Waals surface area contributed by atoms with Crippen molar-refractivity contribution in [3.05, 3.63) is 69.3 Å². The summed E-state index contributed by atoms with van der Waals surface area (Å²) in [6.07, 6.45) is 1.67. The van der Waals surface area contributed by atoms with E-state index >= 15 is 0 Å². The van der Waals surface area contributed by atoms with E-state index in [9.17, 15) is 14.4 Å². The predicted molar refractivity (Wildman–Crippen MR) is 110 cm³/mol. The van der Waals surface area contributed by atoms with E-state index < -0.39 is 5.97 Å². The van der Waals surface area contributed by atoms with Crippen molar-refractivity contribution in [1.82, 2.24) is 14.9 Å². The van der Waals surface area contributed by atoms with Crippen molar-refractivity contribution in [1.29, 1.82) is 0 Å². The van der Waals surface area contributed by atoms with Crippen molar-refractivity contribution >= 4 is 22.8 Å². The molecule has 0 bridgehead atoms. The fraction of sp³-hybridized carbons (Fsp3) is 0.273. The van der Waals surface area contributed by atoms with Gasteiger partial charge in [-0.25, -0.2) is 9.78 Å². The number of fused-ring (bicyclic) bond motifs is 2. The summed E-state index contributed by atoms with van der Waals surface area (Å²) in [7, 11) is 2.77. The molecule has 0 atom stereocenters. The zero-order valence-corrected chi connectivity index (χ0v) is 16.7. The first kappa shape index (κ1) is 19.6. The number of ether oxygens (including phenoxy) is 2. The largest absolute Gasteiger partial charge is 0.496 e. The van der Waals surface area contributed by atoms with Crippen LogP contribution in [0.1, 0.15) is 38.5 Å². The topological polar surface area (TPSA) is 99.5 Å². The molecule has 1 amide bonds. The van der Waals surface area contributed by atoms with Gasteiger partial charge in [0.15, 0.2) is 0 Å². The standard InChI is InChI=1S/C22H21N3O5/c1-29-18-8-5-13(10-16(18)22(28)30-2)12-23-20(26)14-6-7-15-17(11-14)24-19-4-3-9-25(19)21(15)27/h5-8,10-11H,3-4,9,12H2,1-2H3,(H,23,26). The summed E-state index contributed by atoms with van der Waals surface area (Å²) in [5.41, 5.74) is 1.89. The highest BCUT2D eigenvalue weighted by Gasteiger charge is 2.17. The fourth-order valence-corrected chi connectivity index (χ4v) is 3.64. The summed E-state index contributed by atoms with van der Waals surface area (Å²) in [6.45, 7) is 0.903. The number of nitrogens with one attached hydrogen (secondary N) is 1. The molecule has 154 valence electrons. The van der Waals surface area contributed by atoms with Crippen molar-refractivity contribution in [3.63, 3.8) is 0 Å². The third-order valence-corrected chi connectivity index (χ3v) is 5.20. The lowest BCUT2D eigenvalue weighted by Gasteiger charge is -2.11. The number of carbonyl (C=O) groups is 2. The second kappa shape index (κ2) is 7.98. The Labute approximate surface area is 172 Å². The number of hydrogen-bond donors (Lipinski definition) is 1. The predicted octanol–water partition coefficient (Wildman–Crippen LogP) is 2.07. The maximum absolute atomic E-state index is 12.6. The molecule has 8 nitrogen and oxygen atoms in total. The van der Waals surface area contributed by atoms with Crippen LogP contribution in [0.25, 0.3) is 10.9 Å². The number of esters is 1. The molecule has 0 fully saturated rings. The van der Waals surface area contributed by atoms with E-state index in [0.29, 0.717) is 28.8 Å². The van der Waals surface area contributed by atoms with Crippen LogP contribution in [-0.4, -0.2) is 35.6 Å². The van der Waals surface area contributed by atoms with Crippen LogP contribution in [0.5, 0.6) is 5.75 Å². The van der Waals surface area contributed by atoms with Gasteiger partial charge in [0.05, 0.1) is 25.1 Å². The molecule has 0 aliphatic carbocycles. The maximum Gasteiger partial charge on any atom is 0.341 e. The summed E-state index contributed by atoms with van der Waals surface area (Å²) >= 11 is 0. The van der Waals surface area contributed by atoms with Crippen molar-refractivity contribution in [3.8, 4) is 5.75 Å².